The Bertz CT molecular complexity index is 1170. The Hall–Kier alpha value is -3.05. The van der Waals surface area contributed by atoms with E-state index < -0.39 is 20.6 Å². The number of anilines is 2. The lowest BCUT2D eigenvalue weighted by Gasteiger charge is -2.07. The molecule has 0 aliphatic rings. The minimum atomic E-state index is -3.69. The summed E-state index contributed by atoms with van der Waals surface area (Å²) in [6, 6.07) is 7.80. The molecule has 0 bridgehead atoms. The number of methoxy groups -OCH3 is 1. The molecule has 0 saturated carbocycles. The number of aryl methyl sites for hydroxylation is 1. The number of ether oxygens (including phenoxy) is 1. The lowest BCUT2D eigenvalue weighted by atomic mass is 10.3. The summed E-state index contributed by atoms with van der Waals surface area (Å²) in [6.45, 7) is 0. The molecule has 0 aliphatic carbocycles. The van der Waals surface area contributed by atoms with Crippen molar-refractivity contribution in [1.82, 2.24) is 19.7 Å². The van der Waals surface area contributed by atoms with Gasteiger partial charge in [-0.3, -0.25) is 8.89 Å². The maximum Gasteiger partial charge on any atom is 0.220 e. The first-order valence-electron chi connectivity index (χ1n) is 8.33. The molecular weight excluding hydrogens is 414 g/mol. The minimum Gasteiger partial charge on any atom is -0.497 e. The van der Waals surface area contributed by atoms with E-state index in [2.05, 4.69) is 20.4 Å². The van der Waals surface area contributed by atoms with E-state index in [1.165, 1.54) is 37.8 Å². The minimum absolute atomic E-state index is 0.124. The largest absolute Gasteiger partial charge is 0.497 e. The van der Waals surface area contributed by atoms with Crippen LogP contribution in [0, 0.1) is 0 Å². The summed E-state index contributed by atoms with van der Waals surface area (Å²) >= 11 is 0. The van der Waals surface area contributed by atoms with Gasteiger partial charge in [-0.15, -0.1) is 0 Å². The van der Waals surface area contributed by atoms with Crippen molar-refractivity contribution in [2.24, 2.45) is 7.05 Å². The van der Waals surface area contributed by atoms with Crippen LogP contribution in [0.15, 0.2) is 58.2 Å². The molecule has 2 aromatic heterocycles. The van der Waals surface area contributed by atoms with Crippen LogP contribution in [-0.4, -0.2) is 45.7 Å². The van der Waals surface area contributed by atoms with Crippen molar-refractivity contribution >= 4 is 38.3 Å². The number of aromatic nitrogens is 4. The van der Waals surface area contributed by atoms with E-state index in [4.69, 9.17) is 4.74 Å². The lowest BCUT2D eigenvalue weighted by molar-refractivity contribution is 0.414. The van der Waals surface area contributed by atoms with Gasteiger partial charge in [0.15, 0.2) is 15.7 Å². The fraction of sp³-hybridized carbons (Fsp3) is 0.167. The van der Waals surface area contributed by atoms with Crippen molar-refractivity contribution in [3.8, 4) is 5.75 Å². The van der Waals surface area contributed by atoms with E-state index in [1.54, 1.807) is 36.1 Å². The zero-order valence-electron chi connectivity index (χ0n) is 15.9. The second-order valence-corrected chi connectivity index (χ2v) is 9.04. The highest BCUT2D eigenvalue weighted by molar-refractivity contribution is 7.94. The second-order valence-electron chi connectivity index (χ2n) is 5.93. The summed E-state index contributed by atoms with van der Waals surface area (Å²) in [5.74, 6) is 1.36. The van der Waals surface area contributed by atoms with E-state index in [1.807, 2.05) is 0 Å². The van der Waals surface area contributed by atoms with Gasteiger partial charge >= 0.3 is 0 Å². The van der Waals surface area contributed by atoms with Gasteiger partial charge in [-0.1, -0.05) is 0 Å². The maximum atomic E-state index is 12.6. The Morgan fingerprint density at radius 1 is 1.21 bits per heavy atom. The van der Waals surface area contributed by atoms with Crippen LogP contribution in [0.5, 0.6) is 5.75 Å². The first-order chi connectivity index (χ1) is 13.8. The van der Waals surface area contributed by atoms with Gasteiger partial charge in [0.2, 0.25) is 5.16 Å². The highest BCUT2D eigenvalue weighted by atomic mass is 32.2. The van der Waals surface area contributed by atoms with Crippen LogP contribution in [0.2, 0.25) is 0 Å². The summed E-state index contributed by atoms with van der Waals surface area (Å²) in [5.41, 5.74) is 0.405. The first kappa shape index (κ1) is 20.7. The molecule has 1 atom stereocenters. The van der Waals surface area contributed by atoms with Crippen LogP contribution in [0.1, 0.15) is 5.56 Å². The zero-order chi connectivity index (χ0) is 21.0. The van der Waals surface area contributed by atoms with Crippen LogP contribution in [0.25, 0.3) is 6.08 Å². The van der Waals surface area contributed by atoms with Gasteiger partial charge < -0.3 is 10.1 Å². The topological polar surface area (TPSA) is 116 Å². The van der Waals surface area contributed by atoms with E-state index >= 15 is 0 Å². The van der Waals surface area contributed by atoms with E-state index in [9.17, 15) is 12.6 Å². The summed E-state index contributed by atoms with van der Waals surface area (Å²) in [5, 5.41) is 8.40. The van der Waals surface area contributed by atoms with Gasteiger partial charge in [0.1, 0.15) is 11.6 Å². The smallest absolute Gasteiger partial charge is 0.220 e. The molecule has 1 aromatic carbocycles. The van der Waals surface area contributed by atoms with Crippen molar-refractivity contribution in [2.45, 2.75) is 10.1 Å². The van der Waals surface area contributed by atoms with Gasteiger partial charge in [-0.2, -0.15) is 5.10 Å². The number of hydrogen-bond donors (Lipinski definition) is 1. The number of nitrogens with one attached hydrogen (secondary N) is 1. The second kappa shape index (κ2) is 8.53. The summed E-state index contributed by atoms with van der Waals surface area (Å²) in [7, 11) is -1.82. The average Bonchev–Trinajstić information content (AvgIpc) is 3.11. The monoisotopic (exact) mass is 433 g/mol. The standard InChI is InChI=1S/C18H19N5O4S2/c1-23-10-8-16(22-23)20-17-13(12-19-18(21-17)28(3)24)9-11-29(25,26)15-6-4-14(27-2)5-7-15/h4-12H,1-3H3,(H,19,20,21,22)/b11-9+. The summed E-state index contributed by atoms with van der Waals surface area (Å²) in [4.78, 5) is 8.41. The third kappa shape index (κ3) is 5.06. The van der Waals surface area contributed by atoms with E-state index in [0.717, 1.165) is 5.41 Å². The number of nitrogens with zero attached hydrogens (tertiary/aromatic N) is 4. The first-order valence-corrected chi connectivity index (χ1v) is 11.4. The van der Waals surface area contributed by atoms with Crippen molar-refractivity contribution in [1.29, 1.82) is 0 Å². The lowest BCUT2D eigenvalue weighted by Crippen LogP contribution is -2.04. The Labute approximate surface area is 170 Å². The van der Waals surface area contributed by atoms with Crippen LogP contribution in [0.4, 0.5) is 11.6 Å². The molecule has 0 spiro atoms. The molecule has 3 aromatic rings. The van der Waals surface area contributed by atoms with Crippen LogP contribution in [0.3, 0.4) is 0 Å². The molecule has 9 nitrogen and oxygen atoms in total. The SMILES string of the molecule is COc1ccc(S(=O)(=O)/C=C/c2cnc(S(C)=O)nc2Nc2ccn(C)n2)cc1. The maximum absolute atomic E-state index is 12.6. The Morgan fingerprint density at radius 2 is 1.93 bits per heavy atom. The number of hydrogen-bond acceptors (Lipinski definition) is 8. The molecule has 0 amide bonds. The summed E-state index contributed by atoms with van der Waals surface area (Å²) < 4.78 is 43.6. The van der Waals surface area contributed by atoms with Crippen LogP contribution in [-0.2, 0) is 27.7 Å². The van der Waals surface area contributed by atoms with Crippen LogP contribution < -0.4 is 10.1 Å². The number of sulfone groups is 1. The molecular formula is C18H19N5O4S2. The molecule has 0 saturated heterocycles. The highest BCUT2D eigenvalue weighted by Crippen LogP contribution is 2.22. The predicted octanol–water partition coefficient (Wildman–Crippen LogP) is 2.14. The molecule has 1 unspecified atom stereocenters. The molecule has 152 valence electrons. The zero-order valence-corrected chi connectivity index (χ0v) is 17.6. The molecule has 3 rings (SSSR count). The Kier molecular flexibility index (Phi) is 6.09. The molecule has 0 radical (unpaired) electrons. The molecule has 0 aliphatic heterocycles. The molecule has 29 heavy (non-hydrogen) atoms. The van der Waals surface area contributed by atoms with Crippen molar-refractivity contribution in [3.05, 3.63) is 53.7 Å². The molecule has 2 heterocycles. The summed E-state index contributed by atoms with van der Waals surface area (Å²) in [6.07, 6.45) is 6.00. The molecule has 0 fully saturated rings. The normalized spacial score (nSPS) is 12.8. The van der Waals surface area contributed by atoms with Gasteiger partial charge in [-0.05, 0) is 30.3 Å². The number of benzene rings is 1. The number of rotatable bonds is 7. The third-order valence-corrected chi connectivity index (χ3v) is 5.96. The molecule has 11 heteroatoms. The van der Waals surface area contributed by atoms with E-state index in [-0.39, 0.29) is 10.1 Å². The van der Waals surface area contributed by atoms with Gasteiger partial charge in [0, 0.05) is 42.7 Å². The Morgan fingerprint density at radius 3 is 2.52 bits per heavy atom. The molecule has 1 N–H and O–H groups in total. The third-order valence-electron chi connectivity index (χ3n) is 3.83. The fourth-order valence-corrected chi connectivity index (χ4v) is 3.76. The van der Waals surface area contributed by atoms with Gasteiger partial charge in [-0.25, -0.2) is 18.4 Å². The Balaban J connectivity index is 1.94. The predicted molar refractivity (Wildman–Crippen MR) is 110 cm³/mol. The quantitative estimate of drug-likeness (QED) is 0.564. The highest BCUT2D eigenvalue weighted by Gasteiger charge is 2.13. The van der Waals surface area contributed by atoms with Crippen molar-refractivity contribution in [3.63, 3.8) is 0 Å². The average molecular weight is 434 g/mol. The van der Waals surface area contributed by atoms with Crippen molar-refractivity contribution < 1.29 is 17.4 Å². The fourth-order valence-electron chi connectivity index (χ4n) is 2.35. The van der Waals surface area contributed by atoms with Gasteiger partial charge in [0.25, 0.3) is 0 Å². The van der Waals surface area contributed by atoms with Gasteiger partial charge in [0.05, 0.1) is 22.8 Å². The van der Waals surface area contributed by atoms with E-state index in [0.29, 0.717) is 22.9 Å². The van der Waals surface area contributed by atoms with Crippen molar-refractivity contribution in [2.75, 3.05) is 18.7 Å². The van der Waals surface area contributed by atoms with Crippen LogP contribution >= 0.6 is 0 Å².